The van der Waals surface area contributed by atoms with Gasteiger partial charge in [0.25, 0.3) is 0 Å². The molecule has 1 N–H and O–H groups in total. The number of halogens is 3. The van der Waals surface area contributed by atoms with E-state index in [4.69, 9.17) is 5.11 Å². The van der Waals surface area contributed by atoms with Gasteiger partial charge in [-0.2, -0.15) is 13.2 Å². The minimum atomic E-state index is -4.22. The lowest BCUT2D eigenvalue weighted by atomic mass is 10.1. The summed E-state index contributed by atoms with van der Waals surface area (Å²) in [6.45, 7) is 3.72. The van der Waals surface area contributed by atoms with E-state index in [1.54, 1.807) is 25.1 Å². The highest BCUT2D eigenvalue weighted by atomic mass is 19.4. The maximum Gasteiger partial charge on any atom is 0.416 e. The van der Waals surface area contributed by atoms with Gasteiger partial charge in [0.2, 0.25) is 0 Å². The topological polar surface area (TPSA) is 20.2 Å². The second-order valence-corrected chi connectivity index (χ2v) is 4.39. The number of benzene rings is 2. The molecular weight excluding hydrogens is 265 g/mol. The van der Waals surface area contributed by atoms with Gasteiger partial charge in [-0.25, -0.2) is 0 Å². The fraction of sp³-hybridized carbons (Fsp3) is 0.250. The Morgan fingerprint density at radius 3 is 2.00 bits per heavy atom. The molecule has 20 heavy (non-hydrogen) atoms. The molecule has 0 aliphatic rings. The Bertz CT molecular complexity index is 530. The van der Waals surface area contributed by atoms with Crippen molar-refractivity contribution in [3.63, 3.8) is 0 Å². The molecule has 4 heteroatoms. The molecule has 0 saturated heterocycles. The SMILES string of the molecule is CCc1ccc(O)cc1.Cc1cccc(C(F)(F)F)c1. The summed E-state index contributed by atoms with van der Waals surface area (Å²) >= 11 is 0. The summed E-state index contributed by atoms with van der Waals surface area (Å²) in [5.41, 5.74) is 1.30. The van der Waals surface area contributed by atoms with Crippen molar-refractivity contribution in [2.75, 3.05) is 0 Å². The Morgan fingerprint density at radius 2 is 1.60 bits per heavy atom. The van der Waals surface area contributed by atoms with Crippen LogP contribution < -0.4 is 0 Å². The maximum absolute atomic E-state index is 12.0. The van der Waals surface area contributed by atoms with Crippen molar-refractivity contribution < 1.29 is 18.3 Å². The molecule has 0 spiro atoms. The molecule has 2 rings (SSSR count). The normalized spacial score (nSPS) is 10.7. The summed E-state index contributed by atoms with van der Waals surface area (Å²) in [5, 5.41) is 8.85. The smallest absolute Gasteiger partial charge is 0.416 e. The largest absolute Gasteiger partial charge is 0.508 e. The van der Waals surface area contributed by atoms with E-state index in [2.05, 4.69) is 6.92 Å². The molecule has 0 aliphatic carbocycles. The zero-order valence-electron chi connectivity index (χ0n) is 11.4. The van der Waals surface area contributed by atoms with Crippen LogP contribution in [0.25, 0.3) is 0 Å². The Kier molecular flexibility index (Phi) is 5.62. The summed E-state index contributed by atoms with van der Waals surface area (Å²) in [4.78, 5) is 0. The molecule has 2 aromatic carbocycles. The average molecular weight is 282 g/mol. The Hall–Kier alpha value is -1.97. The van der Waals surface area contributed by atoms with Crippen molar-refractivity contribution in [3.05, 3.63) is 65.2 Å². The highest BCUT2D eigenvalue weighted by Crippen LogP contribution is 2.29. The number of aryl methyl sites for hydroxylation is 2. The van der Waals surface area contributed by atoms with Crippen molar-refractivity contribution >= 4 is 0 Å². The van der Waals surface area contributed by atoms with Crippen molar-refractivity contribution in [2.24, 2.45) is 0 Å². The van der Waals surface area contributed by atoms with Gasteiger partial charge in [-0.05, 0) is 37.1 Å². The number of aromatic hydroxyl groups is 1. The van der Waals surface area contributed by atoms with Crippen LogP contribution in [0.4, 0.5) is 13.2 Å². The lowest BCUT2D eigenvalue weighted by Gasteiger charge is -2.05. The summed E-state index contributed by atoms with van der Waals surface area (Å²) < 4.78 is 35.9. The summed E-state index contributed by atoms with van der Waals surface area (Å²) in [7, 11) is 0. The van der Waals surface area contributed by atoms with Crippen LogP contribution in [0.3, 0.4) is 0 Å². The van der Waals surface area contributed by atoms with Gasteiger partial charge in [0.1, 0.15) is 5.75 Å². The van der Waals surface area contributed by atoms with E-state index < -0.39 is 11.7 Å². The molecule has 0 aliphatic heterocycles. The number of hydrogen-bond acceptors (Lipinski definition) is 1. The Labute approximate surface area is 116 Å². The third-order valence-electron chi connectivity index (χ3n) is 2.69. The molecule has 108 valence electrons. The first kappa shape index (κ1) is 16.1. The summed E-state index contributed by atoms with van der Waals surface area (Å²) in [5.74, 6) is 0.340. The lowest BCUT2D eigenvalue weighted by molar-refractivity contribution is -0.137. The minimum absolute atomic E-state index is 0.340. The summed E-state index contributed by atoms with van der Waals surface area (Å²) in [6.07, 6.45) is -3.19. The molecule has 0 aromatic heterocycles. The number of phenols is 1. The Balaban J connectivity index is 0.000000204. The first-order chi connectivity index (χ1) is 9.32. The van der Waals surface area contributed by atoms with Gasteiger partial charge >= 0.3 is 6.18 Å². The van der Waals surface area contributed by atoms with Gasteiger partial charge in [0.15, 0.2) is 0 Å². The minimum Gasteiger partial charge on any atom is -0.508 e. The predicted molar refractivity (Wildman–Crippen MR) is 73.7 cm³/mol. The molecule has 0 radical (unpaired) electrons. The molecular formula is C16H17F3O. The van der Waals surface area contributed by atoms with Gasteiger partial charge < -0.3 is 5.11 Å². The van der Waals surface area contributed by atoms with E-state index in [9.17, 15) is 13.2 Å². The third kappa shape index (κ3) is 5.34. The van der Waals surface area contributed by atoms with Crippen LogP contribution in [0, 0.1) is 6.92 Å². The second-order valence-electron chi connectivity index (χ2n) is 4.39. The van der Waals surface area contributed by atoms with Crippen molar-refractivity contribution in [2.45, 2.75) is 26.4 Å². The fourth-order valence-electron chi connectivity index (χ4n) is 1.55. The van der Waals surface area contributed by atoms with Gasteiger partial charge in [0.05, 0.1) is 5.56 Å². The van der Waals surface area contributed by atoms with E-state index in [0.717, 1.165) is 18.6 Å². The van der Waals surface area contributed by atoms with Crippen LogP contribution in [0.1, 0.15) is 23.6 Å². The monoisotopic (exact) mass is 282 g/mol. The molecule has 0 amide bonds. The Morgan fingerprint density at radius 1 is 1.00 bits per heavy atom. The van der Waals surface area contributed by atoms with Gasteiger partial charge in [-0.15, -0.1) is 0 Å². The number of hydrogen-bond donors (Lipinski definition) is 1. The van der Waals surface area contributed by atoms with E-state index in [1.165, 1.54) is 11.6 Å². The molecule has 1 nitrogen and oxygen atoms in total. The third-order valence-corrected chi connectivity index (χ3v) is 2.69. The molecule has 0 unspecified atom stereocenters. The molecule has 0 bridgehead atoms. The maximum atomic E-state index is 12.0. The van der Waals surface area contributed by atoms with Gasteiger partial charge in [-0.3, -0.25) is 0 Å². The van der Waals surface area contributed by atoms with E-state index >= 15 is 0 Å². The van der Waals surface area contributed by atoms with E-state index in [0.29, 0.717) is 11.3 Å². The molecule has 0 heterocycles. The van der Waals surface area contributed by atoms with Crippen LogP contribution in [0.2, 0.25) is 0 Å². The van der Waals surface area contributed by atoms with Crippen LogP contribution in [-0.2, 0) is 12.6 Å². The molecule has 2 aromatic rings. The molecule has 0 fully saturated rings. The zero-order chi connectivity index (χ0) is 15.2. The number of rotatable bonds is 1. The quantitative estimate of drug-likeness (QED) is 0.783. The van der Waals surface area contributed by atoms with E-state index in [1.807, 2.05) is 12.1 Å². The van der Waals surface area contributed by atoms with Gasteiger partial charge in [0, 0.05) is 0 Å². The summed E-state index contributed by atoms with van der Waals surface area (Å²) in [6, 6.07) is 12.5. The fourth-order valence-corrected chi connectivity index (χ4v) is 1.55. The lowest BCUT2D eigenvalue weighted by Crippen LogP contribution is -2.04. The van der Waals surface area contributed by atoms with Crippen LogP contribution in [0.15, 0.2) is 48.5 Å². The standard InChI is InChI=1S/C8H7F3.C8H10O/c1-6-3-2-4-7(5-6)8(9,10)11;1-2-7-3-5-8(9)6-4-7/h2-5H,1H3;3-6,9H,2H2,1H3. The van der Waals surface area contributed by atoms with Crippen molar-refractivity contribution in [1.29, 1.82) is 0 Å². The zero-order valence-corrected chi connectivity index (χ0v) is 11.4. The second kappa shape index (κ2) is 6.98. The highest BCUT2D eigenvalue weighted by Gasteiger charge is 2.29. The van der Waals surface area contributed by atoms with Gasteiger partial charge in [-0.1, -0.05) is 42.8 Å². The van der Waals surface area contributed by atoms with Crippen LogP contribution in [-0.4, -0.2) is 5.11 Å². The number of alkyl halides is 3. The average Bonchev–Trinajstić information content (AvgIpc) is 2.39. The van der Waals surface area contributed by atoms with Crippen molar-refractivity contribution in [1.82, 2.24) is 0 Å². The first-order valence-corrected chi connectivity index (χ1v) is 6.24. The number of phenolic OH excluding ortho intramolecular Hbond substituents is 1. The molecule has 0 atom stereocenters. The highest BCUT2D eigenvalue weighted by molar-refractivity contribution is 5.25. The van der Waals surface area contributed by atoms with Crippen LogP contribution >= 0.6 is 0 Å². The van der Waals surface area contributed by atoms with E-state index in [-0.39, 0.29) is 0 Å². The van der Waals surface area contributed by atoms with Crippen molar-refractivity contribution in [3.8, 4) is 5.75 Å². The first-order valence-electron chi connectivity index (χ1n) is 6.24. The van der Waals surface area contributed by atoms with Crippen LogP contribution in [0.5, 0.6) is 5.75 Å². The molecule has 0 saturated carbocycles. The predicted octanol–water partition coefficient (Wildman–Crippen LogP) is 4.97.